The summed E-state index contributed by atoms with van der Waals surface area (Å²) in [6, 6.07) is 21.8. The Morgan fingerprint density at radius 2 is 1.67 bits per heavy atom. The first kappa shape index (κ1) is 37.1. The van der Waals surface area contributed by atoms with E-state index in [0.717, 1.165) is 49.9 Å². The Kier molecular flexibility index (Phi) is 11.3. The Hall–Kier alpha value is -5.21. The first-order valence-corrected chi connectivity index (χ1v) is 18.8. The average molecular weight is 733 g/mol. The fraction of sp³-hybridized carbons (Fsp3) is 0.390. The summed E-state index contributed by atoms with van der Waals surface area (Å²) >= 11 is 0. The third-order valence-electron chi connectivity index (χ3n) is 10.7. The van der Waals surface area contributed by atoms with Gasteiger partial charge in [0, 0.05) is 35.6 Å². The van der Waals surface area contributed by atoms with Crippen molar-refractivity contribution in [1.29, 1.82) is 0 Å². The molecule has 0 saturated carbocycles. The van der Waals surface area contributed by atoms with Crippen LogP contribution in [-0.2, 0) is 33.1 Å². The number of aliphatic hydroxyl groups excluding tert-OH is 1. The van der Waals surface area contributed by atoms with Crippen molar-refractivity contribution in [2.75, 3.05) is 35.2 Å². The van der Waals surface area contributed by atoms with Crippen LogP contribution >= 0.6 is 0 Å². The minimum absolute atomic E-state index is 0.0876. The van der Waals surface area contributed by atoms with Crippen LogP contribution < -0.4 is 26.2 Å². The van der Waals surface area contributed by atoms with Crippen LogP contribution in [-0.4, -0.2) is 74.7 Å². The van der Waals surface area contributed by atoms with Gasteiger partial charge in [-0.25, -0.2) is 0 Å². The molecule has 0 aliphatic carbocycles. The Bertz CT molecular complexity index is 1990. The maximum atomic E-state index is 14.4. The van der Waals surface area contributed by atoms with Crippen LogP contribution in [0.2, 0.25) is 0 Å². The SMILES string of the molecule is C[C@@H](/C=C/CCn1cc(C(CO)c2ccccc2)nn1)[C@]1(O)C(=O)N(Cc2cccc(NC(=O)[C@H]3CCCN3)c2)c2ccc(NC(=O)[C@H]3CCCN3)cc21. The van der Waals surface area contributed by atoms with Crippen molar-refractivity contribution in [3.8, 4) is 0 Å². The second-order valence-electron chi connectivity index (χ2n) is 14.4. The molecule has 3 aromatic carbocycles. The van der Waals surface area contributed by atoms with Gasteiger partial charge in [0.15, 0.2) is 5.60 Å². The van der Waals surface area contributed by atoms with Crippen molar-refractivity contribution in [1.82, 2.24) is 25.6 Å². The van der Waals surface area contributed by atoms with Crippen molar-refractivity contribution in [2.24, 2.45) is 5.92 Å². The second kappa shape index (κ2) is 16.4. The van der Waals surface area contributed by atoms with Gasteiger partial charge < -0.3 is 36.4 Å². The third-order valence-corrected chi connectivity index (χ3v) is 10.7. The van der Waals surface area contributed by atoms with E-state index in [0.29, 0.717) is 41.3 Å². The van der Waals surface area contributed by atoms with Gasteiger partial charge in [0.1, 0.15) is 0 Å². The number of aryl methyl sites for hydroxylation is 1. The number of carbonyl (C=O) groups is 3. The van der Waals surface area contributed by atoms with Gasteiger partial charge in [-0.2, -0.15) is 0 Å². The van der Waals surface area contributed by atoms with E-state index in [2.05, 4.69) is 31.6 Å². The minimum atomic E-state index is -1.91. The highest BCUT2D eigenvalue weighted by Crippen LogP contribution is 2.47. The predicted octanol–water partition coefficient (Wildman–Crippen LogP) is 3.80. The Morgan fingerprint density at radius 3 is 2.33 bits per heavy atom. The molecule has 1 unspecified atom stereocenters. The Morgan fingerprint density at radius 1 is 0.963 bits per heavy atom. The number of amides is 3. The summed E-state index contributed by atoms with van der Waals surface area (Å²) in [5.74, 6) is -1.63. The highest BCUT2D eigenvalue weighted by Gasteiger charge is 2.52. The van der Waals surface area contributed by atoms with E-state index in [1.165, 1.54) is 0 Å². The average Bonchev–Trinajstić information content (AvgIpc) is 4.02. The fourth-order valence-corrected chi connectivity index (χ4v) is 7.67. The molecule has 0 spiro atoms. The number of allylic oxidation sites excluding steroid dienone is 1. The Labute approximate surface area is 314 Å². The highest BCUT2D eigenvalue weighted by atomic mass is 16.3. The molecule has 54 heavy (non-hydrogen) atoms. The molecule has 4 aromatic rings. The molecule has 0 bridgehead atoms. The number of aliphatic hydroxyl groups is 2. The van der Waals surface area contributed by atoms with Gasteiger partial charge in [-0.15, -0.1) is 5.10 Å². The lowest BCUT2D eigenvalue weighted by Gasteiger charge is -2.28. The van der Waals surface area contributed by atoms with Crippen LogP contribution in [0.25, 0.3) is 0 Å². The van der Waals surface area contributed by atoms with Crippen LogP contribution in [0.4, 0.5) is 17.1 Å². The monoisotopic (exact) mass is 732 g/mol. The van der Waals surface area contributed by atoms with E-state index < -0.39 is 17.4 Å². The number of hydrogen-bond donors (Lipinski definition) is 6. The third kappa shape index (κ3) is 7.85. The number of hydrogen-bond acceptors (Lipinski definition) is 9. The summed E-state index contributed by atoms with van der Waals surface area (Å²) in [6.45, 7) is 3.99. The zero-order valence-corrected chi connectivity index (χ0v) is 30.4. The first-order valence-electron chi connectivity index (χ1n) is 18.8. The van der Waals surface area contributed by atoms with Crippen molar-refractivity contribution in [2.45, 2.75) is 75.7 Å². The van der Waals surface area contributed by atoms with Gasteiger partial charge in [0.2, 0.25) is 11.8 Å². The number of benzene rings is 3. The van der Waals surface area contributed by atoms with Crippen LogP contribution in [0.15, 0.2) is 91.1 Å². The lowest BCUT2D eigenvalue weighted by molar-refractivity contribution is -0.139. The molecule has 13 heteroatoms. The van der Waals surface area contributed by atoms with E-state index in [9.17, 15) is 24.6 Å². The molecule has 3 amide bonds. The van der Waals surface area contributed by atoms with Gasteiger partial charge in [-0.1, -0.05) is 66.8 Å². The smallest absolute Gasteiger partial charge is 0.264 e. The summed E-state index contributed by atoms with van der Waals surface area (Å²) in [5.41, 5.74) is 2.60. The summed E-state index contributed by atoms with van der Waals surface area (Å²) in [4.78, 5) is 41.8. The van der Waals surface area contributed by atoms with Crippen molar-refractivity contribution in [3.05, 3.63) is 114 Å². The summed E-state index contributed by atoms with van der Waals surface area (Å²) in [7, 11) is 0. The molecule has 282 valence electrons. The first-order chi connectivity index (χ1) is 26.2. The van der Waals surface area contributed by atoms with Gasteiger partial charge in [-0.05, 0) is 86.7 Å². The van der Waals surface area contributed by atoms with Gasteiger partial charge in [0.25, 0.3) is 5.91 Å². The number of aromatic nitrogens is 3. The number of fused-ring (bicyclic) bond motifs is 1. The van der Waals surface area contributed by atoms with Crippen LogP contribution in [0, 0.1) is 5.92 Å². The van der Waals surface area contributed by atoms with E-state index >= 15 is 0 Å². The number of nitrogens with zero attached hydrogens (tertiary/aromatic N) is 4. The van der Waals surface area contributed by atoms with Crippen molar-refractivity contribution in [3.63, 3.8) is 0 Å². The maximum Gasteiger partial charge on any atom is 0.264 e. The Balaban J connectivity index is 1.09. The lowest BCUT2D eigenvalue weighted by atomic mass is 9.82. The zero-order valence-electron chi connectivity index (χ0n) is 30.4. The molecule has 3 aliphatic heterocycles. The van der Waals surface area contributed by atoms with Crippen LogP contribution in [0.1, 0.15) is 67.3 Å². The van der Waals surface area contributed by atoms with Gasteiger partial charge in [0.05, 0.1) is 42.5 Å². The van der Waals surface area contributed by atoms with Crippen LogP contribution in [0.3, 0.4) is 0 Å². The molecule has 7 rings (SSSR count). The van der Waals surface area contributed by atoms with Gasteiger partial charge in [-0.3, -0.25) is 19.1 Å². The molecule has 5 atom stereocenters. The van der Waals surface area contributed by atoms with Gasteiger partial charge >= 0.3 is 0 Å². The zero-order chi connectivity index (χ0) is 37.7. The number of carbonyl (C=O) groups excluding carboxylic acids is 3. The molecule has 4 heterocycles. The molecule has 6 N–H and O–H groups in total. The quantitative estimate of drug-likeness (QED) is 0.106. The fourth-order valence-electron chi connectivity index (χ4n) is 7.67. The molecule has 3 aliphatic rings. The molecule has 13 nitrogen and oxygen atoms in total. The van der Waals surface area contributed by atoms with E-state index in [-0.39, 0.29) is 43.0 Å². The summed E-state index contributed by atoms with van der Waals surface area (Å²) in [5, 5.41) is 43.4. The topological polar surface area (TPSA) is 174 Å². The number of nitrogens with one attached hydrogen (secondary N) is 4. The van der Waals surface area contributed by atoms with E-state index in [1.807, 2.05) is 79.9 Å². The molecule has 0 radical (unpaired) electrons. The summed E-state index contributed by atoms with van der Waals surface area (Å²) < 4.78 is 1.72. The number of rotatable bonds is 14. The molecular formula is C41H48N8O5. The number of anilines is 3. The standard InChI is InChI=1S/C41H48N8O5/c1-27(10-5-6-21-48-25-36(46-47-48)32(26-50)29-12-3-2-4-13-29)41(54)33-23-31(45-39(52)35-16-9-20-43-35)17-18-37(33)49(40(41)53)24-28-11-7-14-30(22-28)44-38(51)34-15-8-19-42-34/h2-5,7,10-14,17-18,22-23,25,27,32,34-35,42-43,50,54H,6,8-9,15-16,19-21,24,26H2,1H3,(H,44,51)(H,45,52)/b10-5+/t27-,32?,34+,35+,41+/m0/s1. The van der Waals surface area contributed by atoms with E-state index in [1.54, 1.807) is 27.8 Å². The van der Waals surface area contributed by atoms with E-state index in [4.69, 9.17) is 0 Å². The second-order valence-corrected chi connectivity index (χ2v) is 14.4. The molecule has 2 saturated heterocycles. The molecule has 1 aromatic heterocycles. The van der Waals surface area contributed by atoms with Crippen molar-refractivity contribution < 1.29 is 24.6 Å². The molecule has 2 fully saturated rings. The minimum Gasteiger partial charge on any atom is -0.395 e. The van der Waals surface area contributed by atoms with Crippen molar-refractivity contribution >= 4 is 34.8 Å². The summed E-state index contributed by atoms with van der Waals surface area (Å²) in [6.07, 6.45) is 9.56. The normalized spacial score (nSPS) is 22.1. The van der Waals surface area contributed by atoms with Crippen LogP contribution in [0.5, 0.6) is 0 Å². The highest BCUT2D eigenvalue weighted by molar-refractivity contribution is 6.08. The molecular weight excluding hydrogens is 685 g/mol. The predicted molar refractivity (Wildman–Crippen MR) is 206 cm³/mol. The lowest BCUT2D eigenvalue weighted by Crippen LogP contribution is -2.44. The maximum absolute atomic E-state index is 14.4. The largest absolute Gasteiger partial charge is 0.395 e.